The van der Waals surface area contributed by atoms with Gasteiger partial charge in [-0.3, -0.25) is 4.79 Å². The minimum absolute atomic E-state index is 0.0298. The average molecular weight is 402 g/mol. The number of hydrogen-bond acceptors (Lipinski definition) is 4. The molecule has 1 unspecified atom stereocenters. The Labute approximate surface area is 176 Å². The summed E-state index contributed by atoms with van der Waals surface area (Å²) in [5.74, 6) is 0.245. The van der Waals surface area contributed by atoms with Gasteiger partial charge in [-0.05, 0) is 22.8 Å². The summed E-state index contributed by atoms with van der Waals surface area (Å²) in [7, 11) is 0. The highest BCUT2D eigenvalue weighted by molar-refractivity contribution is 5.82. The molecular weight excluding hydrogens is 376 g/mol. The molecule has 2 aliphatic rings. The van der Waals surface area contributed by atoms with Gasteiger partial charge in [0.1, 0.15) is 0 Å². The Morgan fingerprint density at radius 1 is 1.00 bits per heavy atom. The summed E-state index contributed by atoms with van der Waals surface area (Å²) in [6, 6.07) is 20.5. The standard InChI is InChI=1S/C25H26N2O3/c28-25(27-11-13-30-17-24(27)18-6-2-1-3-7-18)23-15-26-14-22(23)21-9-5-4-8-20(21)19-10-12-29-16-19/h1-10,12,16,22-24,26H,11,13-15,17H2/t22-,23?,24+/m0/s1. The molecule has 5 rings (SSSR count). The summed E-state index contributed by atoms with van der Waals surface area (Å²) in [4.78, 5) is 15.8. The zero-order valence-electron chi connectivity index (χ0n) is 16.9. The first-order chi connectivity index (χ1) is 14.8. The molecule has 3 heterocycles. The molecule has 2 aromatic carbocycles. The normalized spacial score (nSPS) is 24.1. The monoisotopic (exact) mass is 402 g/mol. The van der Waals surface area contributed by atoms with Gasteiger partial charge < -0.3 is 19.4 Å². The van der Waals surface area contributed by atoms with E-state index in [-0.39, 0.29) is 23.8 Å². The van der Waals surface area contributed by atoms with Crippen molar-refractivity contribution in [2.75, 3.05) is 32.8 Å². The molecule has 30 heavy (non-hydrogen) atoms. The quantitative estimate of drug-likeness (QED) is 0.720. The van der Waals surface area contributed by atoms with Crippen LogP contribution >= 0.6 is 0 Å². The van der Waals surface area contributed by atoms with Crippen LogP contribution in [-0.4, -0.2) is 43.7 Å². The summed E-state index contributed by atoms with van der Waals surface area (Å²) >= 11 is 0. The van der Waals surface area contributed by atoms with Gasteiger partial charge in [0.05, 0.1) is 37.7 Å². The highest BCUT2D eigenvalue weighted by atomic mass is 16.5. The smallest absolute Gasteiger partial charge is 0.228 e. The zero-order chi connectivity index (χ0) is 20.3. The van der Waals surface area contributed by atoms with Gasteiger partial charge in [0.25, 0.3) is 0 Å². The SMILES string of the molecule is O=C(C1CNC[C@H]1c1ccccc1-c1ccoc1)N1CCOC[C@@H]1c1ccccc1. The third-order valence-corrected chi connectivity index (χ3v) is 6.32. The van der Waals surface area contributed by atoms with Crippen LogP contribution in [0.1, 0.15) is 23.1 Å². The Kier molecular flexibility index (Phi) is 5.39. The maximum Gasteiger partial charge on any atom is 0.228 e. The Hall–Kier alpha value is -2.89. The van der Waals surface area contributed by atoms with Gasteiger partial charge in [0, 0.05) is 31.1 Å². The Morgan fingerprint density at radius 3 is 2.67 bits per heavy atom. The van der Waals surface area contributed by atoms with E-state index in [0.717, 1.165) is 23.2 Å². The molecule has 2 saturated heterocycles. The summed E-state index contributed by atoms with van der Waals surface area (Å²) in [6.07, 6.45) is 3.46. The second-order valence-electron chi connectivity index (χ2n) is 8.00. The van der Waals surface area contributed by atoms with Gasteiger partial charge in [-0.2, -0.15) is 0 Å². The number of rotatable bonds is 4. The van der Waals surface area contributed by atoms with Crippen molar-refractivity contribution in [3.05, 3.63) is 84.3 Å². The molecule has 2 aliphatic heterocycles. The molecule has 3 aromatic rings. The van der Waals surface area contributed by atoms with Crippen molar-refractivity contribution >= 4 is 5.91 Å². The van der Waals surface area contributed by atoms with E-state index in [1.165, 1.54) is 5.56 Å². The molecular formula is C25H26N2O3. The zero-order valence-corrected chi connectivity index (χ0v) is 16.9. The summed E-state index contributed by atoms with van der Waals surface area (Å²) in [5, 5.41) is 3.47. The first-order valence-corrected chi connectivity index (χ1v) is 10.6. The van der Waals surface area contributed by atoms with E-state index < -0.39 is 0 Å². The maximum atomic E-state index is 13.8. The van der Waals surface area contributed by atoms with Crippen molar-refractivity contribution in [1.29, 1.82) is 0 Å². The fourth-order valence-electron chi connectivity index (χ4n) is 4.80. The van der Waals surface area contributed by atoms with Crippen molar-refractivity contribution in [3.8, 4) is 11.1 Å². The number of benzene rings is 2. The van der Waals surface area contributed by atoms with Crippen LogP contribution in [0.15, 0.2) is 77.6 Å². The van der Waals surface area contributed by atoms with Gasteiger partial charge >= 0.3 is 0 Å². The molecule has 1 amide bonds. The predicted molar refractivity (Wildman–Crippen MR) is 115 cm³/mol. The van der Waals surface area contributed by atoms with E-state index in [4.69, 9.17) is 9.15 Å². The molecule has 0 bridgehead atoms. The molecule has 5 heteroatoms. The van der Waals surface area contributed by atoms with Crippen LogP contribution in [0.2, 0.25) is 0 Å². The van der Waals surface area contributed by atoms with Crippen LogP contribution in [0.25, 0.3) is 11.1 Å². The largest absolute Gasteiger partial charge is 0.472 e. The molecule has 0 aliphatic carbocycles. The highest BCUT2D eigenvalue weighted by Crippen LogP contribution is 2.38. The van der Waals surface area contributed by atoms with Crippen LogP contribution in [-0.2, 0) is 9.53 Å². The summed E-state index contributed by atoms with van der Waals surface area (Å²) in [6.45, 7) is 3.26. The minimum atomic E-state index is -0.0950. The number of amides is 1. The lowest BCUT2D eigenvalue weighted by atomic mass is 9.83. The lowest BCUT2D eigenvalue weighted by Crippen LogP contribution is -2.47. The van der Waals surface area contributed by atoms with Crippen LogP contribution in [0.4, 0.5) is 0 Å². The van der Waals surface area contributed by atoms with E-state index in [0.29, 0.717) is 26.3 Å². The van der Waals surface area contributed by atoms with Gasteiger partial charge in [-0.1, -0.05) is 54.6 Å². The minimum Gasteiger partial charge on any atom is -0.472 e. The lowest BCUT2D eigenvalue weighted by molar-refractivity contribution is -0.144. The molecule has 154 valence electrons. The number of ether oxygens (including phenoxy) is 1. The Bertz CT molecular complexity index is 987. The highest BCUT2D eigenvalue weighted by Gasteiger charge is 2.40. The van der Waals surface area contributed by atoms with Crippen molar-refractivity contribution in [2.24, 2.45) is 5.92 Å². The third-order valence-electron chi connectivity index (χ3n) is 6.32. The number of morpholine rings is 1. The summed E-state index contributed by atoms with van der Waals surface area (Å²) in [5.41, 5.74) is 4.52. The second-order valence-corrected chi connectivity index (χ2v) is 8.00. The molecule has 2 fully saturated rings. The van der Waals surface area contributed by atoms with Crippen molar-refractivity contribution in [2.45, 2.75) is 12.0 Å². The molecule has 5 nitrogen and oxygen atoms in total. The molecule has 0 spiro atoms. The van der Waals surface area contributed by atoms with Crippen molar-refractivity contribution < 1.29 is 13.9 Å². The number of hydrogen-bond donors (Lipinski definition) is 1. The van der Waals surface area contributed by atoms with Gasteiger partial charge in [-0.15, -0.1) is 0 Å². The molecule has 0 radical (unpaired) electrons. The number of nitrogens with zero attached hydrogens (tertiary/aromatic N) is 1. The first kappa shape index (κ1) is 19.1. The Morgan fingerprint density at radius 2 is 1.83 bits per heavy atom. The van der Waals surface area contributed by atoms with Crippen LogP contribution in [0.5, 0.6) is 0 Å². The fraction of sp³-hybridized carbons (Fsp3) is 0.320. The van der Waals surface area contributed by atoms with Gasteiger partial charge in [0.2, 0.25) is 5.91 Å². The average Bonchev–Trinajstić information content (AvgIpc) is 3.52. The summed E-state index contributed by atoms with van der Waals surface area (Å²) < 4.78 is 11.1. The van der Waals surface area contributed by atoms with Crippen LogP contribution < -0.4 is 5.32 Å². The fourth-order valence-corrected chi connectivity index (χ4v) is 4.80. The van der Waals surface area contributed by atoms with Crippen LogP contribution in [0, 0.1) is 5.92 Å². The number of furan rings is 1. The lowest BCUT2D eigenvalue weighted by Gasteiger charge is -2.38. The molecule has 0 saturated carbocycles. The second kappa shape index (κ2) is 8.46. The number of carbonyl (C=O) groups is 1. The molecule has 1 N–H and O–H groups in total. The van der Waals surface area contributed by atoms with E-state index in [1.807, 2.05) is 35.2 Å². The van der Waals surface area contributed by atoms with Gasteiger partial charge in [-0.25, -0.2) is 0 Å². The number of carbonyl (C=O) groups excluding carboxylic acids is 1. The van der Waals surface area contributed by atoms with E-state index in [1.54, 1.807) is 12.5 Å². The topological polar surface area (TPSA) is 54.7 Å². The van der Waals surface area contributed by atoms with E-state index >= 15 is 0 Å². The Balaban J connectivity index is 1.45. The van der Waals surface area contributed by atoms with Gasteiger partial charge in [0.15, 0.2) is 0 Å². The number of nitrogens with one attached hydrogen (secondary N) is 1. The first-order valence-electron chi connectivity index (χ1n) is 10.6. The third kappa shape index (κ3) is 3.55. The van der Waals surface area contributed by atoms with Crippen molar-refractivity contribution in [3.63, 3.8) is 0 Å². The molecule has 1 aromatic heterocycles. The molecule has 3 atom stereocenters. The van der Waals surface area contributed by atoms with E-state index in [2.05, 4.69) is 35.6 Å². The maximum absolute atomic E-state index is 13.8. The van der Waals surface area contributed by atoms with E-state index in [9.17, 15) is 4.79 Å². The predicted octanol–water partition coefficient (Wildman–Crippen LogP) is 3.85. The van der Waals surface area contributed by atoms with Crippen LogP contribution in [0.3, 0.4) is 0 Å². The van der Waals surface area contributed by atoms with Crippen molar-refractivity contribution in [1.82, 2.24) is 10.2 Å².